The number of benzene rings is 3. The minimum Gasteiger partial charge on any atom is -0.494 e. The number of ether oxygens (including phenoxy) is 2. The quantitative estimate of drug-likeness (QED) is 0.403. The molecule has 0 aromatic heterocycles. The molecule has 0 aliphatic carbocycles. The van der Waals surface area contributed by atoms with Crippen LogP contribution in [0.3, 0.4) is 0 Å². The van der Waals surface area contributed by atoms with Gasteiger partial charge in [-0.05, 0) is 54.5 Å². The van der Waals surface area contributed by atoms with Gasteiger partial charge in [-0.15, -0.1) is 0 Å². The lowest BCUT2D eigenvalue weighted by Crippen LogP contribution is -2.26. The maximum Gasteiger partial charge on any atom is 0.419 e. The van der Waals surface area contributed by atoms with E-state index in [1.165, 1.54) is 4.90 Å². The van der Waals surface area contributed by atoms with Crippen molar-refractivity contribution in [2.45, 2.75) is 12.8 Å². The first-order valence-electron chi connectivity index (χ1n) is 10.3. The smallest absolute Gasteiger partial charge is 0.419 e. The molecule has 3 aromatic carbocycles. The number of carboxylic acids is 1. The fourth-order valence-corrected chi connectivity index (χ4v) is 3.00. The van der Waals surface area contributed by atoms with Crippen molar-refractivity contribution in [1.82, 2.24) is 0 Å². The van der Waals surface area contributed by atoms with Crippen LogP contribution in [0.15, 0.2) is 91.0 Å². The molecule has 1 amide bonds. The average Bonchev–Trinajstić information content (AvgIpc) is 2.81. The summed E-state index contributed by atoms with van der Waals surface area (Å²) >= 11 is 0. The third-order valence-corrected chi connectivity index (χ3v) is 4.49. The zero-order chi connectivity index (χ0) is 22.6. The van der Waals surface area contributed by atoms with E-state index in [9.17, 15) is 9.59 Å². The first kappa shape index (κ1) is 22.6. The lowest BCUT2D eigenvalue weighted by molar-refractivity contribution is -0.137. The molecular weight excluding hydrogens is 406 g/mol. The van der Waals surface area contributed by atoms with E-state index in [1.807, 2.05) is 91.0 Å². The van der Waals surface area contributed by atoms with Crippen LogP contribution in [0, 0.1) is 0 Å². The van der Waals surface area contributed by atoms with E-state index < -0.39 is 12.1 Å². The number of hydrogen-bond acceptors (Lipinski definition) is 4. The van der Waals surface area contributed by atoms with Gasteiger partial charge in [-0.3, -0.25) is 4.79 Å². The van der Waals surface area contributed by atoms with Crippen LogP contribution in [0.5, 0.6) is 5.75 Å². The van der Waals surface area contributed by atoms with Crippen LogP contribution in [-0.2, 0) is 9.53 Å². The van der Waals surface area contributed by atoms with Gasteiger partial charge in [0.05, 0.1) is 18.0 Å². The van der Waals surface area contributed by atoms with E-state index in [0.29, 0.717) is 18.8 Å². The normalized spacial score (nSPS) is 10.6. The molecule has 0 unspecified atom stereocenters. The van der Waals surface area contributed by atoms with Crippen molar-refractivity contribution in [2.24, 2.45) is 0 Å². The van der Waals surface area contributed by atoms with E-state index in [1.54, 1.807) is 6.08 Å². The average molecular weight is 431 g/mol. The van der Waals surface area contributed by atoms with Gasteiger partial charge >= 0.3 is 12.1 Å². The number of amides is 1. The summed E-state index contributed by atoms with van der Waals surface area (Å²) in [6, 6.07) is 26.1. The van der Waals surface area contributed by atoms with Crippen molar-refractivity contribution in [3.05, 3.63) is 96.6 Å². The van der Waals surface area contributed by atoms with Crippen LogP contribution >= 0.6 is 0 Å². The molecule has 0 bridgehead atoms. The highest BCUT2D eigenvalue weighted by Crippen LogP contribution is 2.25. The number of nitrogens with zero attached hydrogens (tertiary/aromatic N) is 1. The van der Waals surface area contributed by atoms with Gasteiger partial charge in [0.25, 0.3) is 0 Å². The van der Waals surface area contributed by atoms with Gasteiger partial charge in [-0.25, -0.2) is 9.69 Å². The molecule has 32 heavy (non-hydrogen) atoms. The molecule has 6 heteroatoms. The second-order valence-electron chi connectivity index (χ2n) is 6.90. The molecule has 0 aliphatic rings. The lowest BCUT2D eigenvalue weighted by Gasteiger charge is -2.22. The van der Waals surface area contributed by atoms with Crippen molar-refractivity contribution >= 4 is 29.5 Å². The Morgan fingerprint density at radius 3 is 2.16 bits per heavy atom. The number of carbonyl (C=O) groups is 2. The third kappa shape index (κ3) is 7.02. The lowest BCUT2D eigenvalue weighted by atomic mass is 10.2. The Kier molecular flexibility index (Phi) is 8.45. The van der Waals surface area contributed by atoms with Crippen LogP contribution in [-0.4, -0.2) is 30.4 Å². The molecule has 0 heterocycles. The second-order valence-corrected chi connectivity index (χ2v) is 6.90. The molecule has 0 atom stereocenters. The summed E-state index contributed by atoms with van der Waals surface area (Å²) in [5.41, 5.74) is 2.33. The number of rotatable bonds is 10. The molecule has 0 saturated carbocycles. The summed E-state index contributed by atoms with van der Waals surface area (Å²) in [4.78, 5) is 24.9. The highest BCUT2D eigenvalue weighted by molar-refractivity contribution is 5.95. The SMILES string of the molecule is O=C(O)CCCOc1cccc(C=CCOC(=O)N(c2ccccc2)c2ccccc2)c1. The fourth-order valence-electron chi connectivity index (χ4n) is 3.00. The topological polar surface area (TPSA) is 76.1 Å². The fraction of sp³-hybridized carbons (Fsp3) is 0.154. The minimum absolute atomic E-state index is 0.0773. The molecule has 0 fully saturated rings. The second kappa shape index (κ2) is 12.0. The third-order valence-electron chi connectivity index (χ3n) is 4.49. The Morgan fingerprint density at radius 1 is 0.875 bits per heavy atom. The summed E-state index contributed by atoms with van der Waals surface area (Å²) < 4.78 is 11.1. The summed E-state index contributed by atoms with van der Waals surface area (Å²) in [6.45, 7) is 0.449. The molecule has 0 saturated heterocycles. The number of carbonyl (C=O) groups excluding carboxylic acids is 1. The predicted molar refractivity (Wildman–Crippen MR) is 124 cm³/mol. The van der Waals surface area contributed by atoms with Crippen LogP contribution in [0.25, 0.3) is 6.08 Å². The van der Waals surface area contributed by atoms with Gasteiger partial charge < -0.3 is 14.6 Å². The van der Waals surface area contributed by atoms with Crippen LogP contribution in [0.4, 0.5) is 16.2 Å². The highest BCUT2D eigenvalue weighted by Gasteiger charge is 2.18. The Morgan fingerprint density at radius 2 is 1.53 bits per heavy atom. The van der Waals surface area contributed by atoms with Crippen molar-refractivity contribution < 1.29 is 24.2 Å². The van der Waals surface area contributed by atoms with Gasteiger partial charge in [0, 0.05) is 6.42 Å². The largest absolute Gasteiger partial charge is 0.494 e. The minimum atomic E-state index is -0.835. The van der Waals surface area contributed by atoms with Gasteiger partial charge in [0.1, 0.15) is 12.4 Å². The zero-order valence-corrected chi connectivity index (χ0v) is 17.6. The molecule has 3 aromatic rings. The summed E-state index contributed by atoms with van der Waals surface area (Å²) in [5.74, 6) is -0.174. The number of anilines is 2. The van der Waals surface area contributed by atoms with Gasteiger partial charge in [-0.1, -0.05) is 54.6 Å². The van der Waals surface area contributed by atoms with Crippen LogP contribution < -0.4 is 9.64 Å². The Labute approximate surface area is 187 Å². The number of hydrogen-bond donors (Lipinski definition) is 1. The van der Waals surface area contributed by atoms with Crippen molar-refractivity contribution in [3.63, 3.8) is 0 Å². The first-order chi connectivity index (χ1) is 15.6. The molecule has 1 N–H and O–H groups in total. The van der Waals surface area contributed by atoms with Crippen molar-refractivity contribution in [3.8, 4) is 5.75 Å². The summed E-state index contributed by atoms with van der Waals surface area (Å²) in [6.07, 6.45) is 3.66. The Balaban J connectivity index is 1.57. The molecule has 6 nitrogen and oxygen atoms in total. The summed E-state index contributed by atoms with van der Waals surface area (Å²) in [7, 11) is 0. The first-order valence-corrected chi connectivity index (χ1v) is 10.3. The molecule has 3 rings (SSSR count). The zero-order valence-electron chi connectivity index (χ0n) is 17.6. The van der Waals surface area contributed by atoms with Crippen molar-refractivity contribution in [2.75, 3.05) is 18.1 Å². The van der Waals surface area contributed by atoms with Crippen LogP contribution in [0.2, 0.25) is 0 Å². The predicted octanol–water partition coefficient (Wildman–Crippen LogP) is 5.92. The van der Waals surface area contributed by atoms with Gasteiger partial charge in [-0.2, -0.15) is 0 Å². The Bertz CT molecular complexity index is 995. The van der Waals surface area contributed by atoms with Gasteiger partial charge in [0.2, 0.25) is 0 Å². The number of aliphatic carboxylic acids is 1. The Hall–Kier alpha value is -4.06. The van der Waals surface area contributed by atoms with E-state index in [4.69, 9.17) is 14.6 Å². The maximum atomic E-state index is 12.8. The van der Waals surface area contributed by atoms with Crippen LogP contribution in [0.1, 0.15) is 18.4 Å². The monoisotopic (exact) mass is 431 g/mol. The van der Waals surface area contributed by atoms with E-state index in [0.717, 1.165) is 16.9 Å². The maximum absolute atomic E-state index is 12.8. The van der Waals surface area contributed by atoms with E-state index in [-0.39, 0.29) is 13.0 Å². The van der Waals surface area contributed by atoms with E-state index in [2.05, 4.69) is 0 Å². The molecule has 0 radical (unpaired) electrons. The van der Waals surface area contributed by atoms with Crippen molar-refractivity contribution in [1.29, 1.82) is 0 Å². The number of carboxylic acid groups (broad SMARTS) is 1. The highest BCUT2D eigenvalue weighted by atomic mass is 16.6. The van der Waals surface area contributed by atoms with E-state index >= 15 is 0 Å². The number of para-hydroxylation sites is 2. The van der Waals surface area contributed by atoms with Gasteiger partial charge in [0.15, 0.2) is 0 Å². The standard InChI is InChI=1S/C26H25NO5/c28-25(29)17-9-18-31-24-16-7-10-21(20-24)11-8-19-32-26(30)27(22-12-3-1-4-13-22)23-14-5-2-6-15-23/h1-8,10-16,20H,9,17-19H2,(H,28,29). The molecular formula is C26H25NO5. The molecule has 0 spiro atoms. The molecule has 0 aliphatic heterocycles. The molecule has 164 valence electrons. The summed E-state index contributed by atoms with van der Waals surface area (Å²) in [5, 5.41) is 8.67.